The summed E-state index contributed by atoms with van der Waals surface area (Å²) < 4.78 is 18.4. The predicted octanol–water partition coefficient (Wildman–Crippen LogP) is 3.46. The number of nitrogen functional groups attached to an aromatic ring is 1. The zero-order valence-electron chi connectivity index (χ0n) is 20.4. The summed E-state index contributed by atoms with van der Waals surface area (Å²) in [6.45, 7) is 1.81. The molecule has 1 unspecified atom stereocenters. The first-order valence-electron chi connectivity index (χ1n) is 11.0. The number of anilines is 2. The van der Waals surface area contributed by atoms with Gasteiger partial charge in [0.25, 0.3) is 11.8 Å². The fourth-order valence-electron chi connectivity index (χ4n) is 3.40. The Labute approximate surface area is 214 Å². The molecular weight excluding hydrogens is 488 g/mol. The number of nitrogens with one attached hydrogen (secondary N) is 1. The van der Waals surface area contributed by atoms with Crippen LogP contribution in [0.1, 0.15) is 37.7 Å². The molecule has 0 fully saturated rings. The summed E-state index contributed by atoms with van der Waals surface area (Å²) in [6, 6.07) is 19.5. The number of aryl methyl sites for hydroxylation is 2. The summed E-state index contributed by atoms with van der Waals surface area (Å²) in [7, 11) is -1.26. The highest BCUT2D eigenvalue weighted by Crippen LogP contribution is 2.16. The number of carbonyl (C=O) groups excluding carboxylic acids is 2. The van der Waals surface area contributed by atoms with Crippen LogP contribution < -0.4 is 11.1 Å². The van der Waals surface area contributed by atoms with Gasteiger partial charge in [0.1, 0.15) is 11.5 Å². The van der Waals surface area contributed by atoms with Gasteiger partial charge in [-0.25, -0.2) is 9.19 Å². The number of carbonyl (C=O) groups is 2. The molecule has 0 saturated carbocycles. The van der Waals surface area contributed by atoms with E-state index >= 15 is 0 Å². The molecule has 0 saturated heterocycles. The zero-order valence-corrected chi connectivity index (χ0v) is 21.2. The van der Waals surface area contributed by atoms with Gasteiger partial charge in [0.2, 0.25) is 0 Å². The summed E-state index contributed by atoms with van der Waals surface area (Å²) in [5.74, 6) is 5.03. The Balaban J connectivity index is 1.56. The molecule has 0 bridgehead atoms. The summed E-state index contributed by atoms with van der Waals surface area (Å²) in [6.07, 6.45) is 2.66. The Morgan fingerprint density at radius 3 is 2.68 bits per heavy atom. The monoisotopic (exact) mass is 511 g/mol. The maximum Gasteiger partial charge on any atom is 0.286 e. The van der Waals surface area contributed by atoms with E-state index in [2.05, 4.69) is 37.7 Å². The summed E-state index contributed by atoms with van der Waals surface area (Å²) >= 11 is 0. The number of amides is 2. The maximum atomic E-state index is 12.9. The Kier molecular flexibility index (Phi) is 7.18. The van der Waals surface area contributed by atoms with E-state index in [1.165, 1.54) is 29.3 Å². The summed E-state index contributed by atoms with van der Waals surface area (Å²) in [5, 5.41) is 7.01. The molecule has 185 valence electrons. The van der Waals surface area contributed by atoms with Crippen LogP contribution in [-0.4, -0.2) is 37.0 Å². The maximum absolute atomic E-state index is 12.9. The van der Waals surface area contributed by atoms with Gasteiger partial charge in [0, 0.05) is 35.6 Å². The van der Waals surface area contributed by atoms with Crippen molar-refractivity contribution in [2.24, 2.45) is 11.4 Å². The Hall–Kier alpha value is -4.75. The summed E-state index contributed by atoms with van der Waals surface area (Å²) in [5.41, 5.74) is 8.73. The van der Waals surface area contributed by atoms with E-state index in [9.17, 15) is 13.8 Å². The van der Waals surface area contributed by atoms with Gasteiger partial charge in [-0.2, -0.15) is 9.46 Å². The molecule has 2 heterocycles. The van der Waals surface area contributed by atoms with Crippen LogP contribution in [0, 0.1) is 24.8 Å². The van der Waals surface area contributed by atoms with Crippen molar-refractivity contribution in [1.29, 1.82) is 0 Å². The Morgan fingerprint density at radius 1 is 1.16 bits per heavy atom. The first-order valence-corrected chi connectivity index (χ1v) is 13.0. The van der Waals surface area contributed by atoms with Crippen molar-refractivity contribution < 1.29 is 13.8 Å². The van der Waals surface area contributed by atoms with E-state index in [0.29, 0.717) is 27.4 Å². The highest BCUT2D eigenvalue weighted by Gasteiger charge is 2.14. The van der Waals surface area contributed by atoms with Crippen LogP contribution in [0.15, 0.2) is 76.1 Å². The largest absolute Gasteiger partial charge is 0.383 e. The van der Waals surface area contributed by atoms with Crippen molar-refractivity contribution in [3.8, 4) is 11.8 Å². The van der Waals surface area contributed by atoms with E-state index < -0.39 is 15.6 Å². The van der Waals surface area contributed by atoms with Crippen molar-refractivity contribution in [2.75, 3.05) is 17.3 Å². The second-order valence-corrected chi connectivity index (χ2v) is 10.4. The van der Waals surface area contributed by atoms with Crippen LogP contribution in [0.5, 0.6) is 0 Å². The minimum absolute atomic E-state index is 0.112. The molecule has 10 heteroatoms. The standard InChI is InChI=1S/C27H23N6O3S/c1-18-14-24(33(2)31-18)27(35)30-22-9-7-8-19(15-22)12-13-20-16-21(17-29-25(20)28)26(34)32-37(3,36)23-10-5-4-6-11-23/h4-5,7-11,14-17H,1-3H3,(H2,28,29)(H,30,35). The number of hydrogen-bond acceptors (Lipinski definition) is 6. The molecule has 2 aromatic heterocycles. The molecule has 0 spiro atoms. The average molecular weight is 512 g/mol. The lowest BCUT2D eigenvalue weighted by molar-refractivity contribution is 0.0999. The number of benzene rings is 2. The third-order valence-electron chi connectivity index (χ3n) is 5.24. The molecular formula is C27H23N6O3S. The van der Waals surface area contributed by atoms with Gasteiger partial charge in [0.15, 0.2) is 0 Å². The minimum atomic E-state index is -2.96. The highest BCUT2D eigenvalue weighted by molar-refractivity contribution is 7.93. The van der Waals surface area contributed by atoms with Crippen LogP contribution in [0.25, 0.3) is 0 Å². The number of aromatic nitrogens is 3. The van der Waals surface area contributed by atoms with Gasteiger partial charge < -0.3 is 11.1 Å². The lowest BCUT2D eigenvalue weighted by Crippen LogP contribution is -2.16. The third kappa shape index (κ3) is 6.09. The minimum Gasteiger partial charge on any atom is -0.383 e. The van der Waals surface area contributed by atoms with Crippen LogP contribution in [0.2, 0.25) is 0 Å². The molecule has 9 nitrogen and oxygen atoms in total. The zero-order chi connectivity index (χ0) is 26.6. The van der Waals surface area contributed by atoms with Gasteiger partial charge in [-0.15, -0.1) is 0 Å². The van der Waals surface area contributed by atoms with Crippen molar-refractivity contribution >= 4 is 33.0 Å². The average Bonchev–Trinajstić information content (AvgIpc) is 3.22. The van der Waals surface area contributed by atoms with Gasteiger partial charge in [-0.1, -0.05) is 30.0 Å². The smallest absolute Gasteiger partial charge is 0.286 e. The van der Waals surface area contributed by atoms with Crippen molar-refractivity contribution in [3.63, 3.8) is 0 Å². The molecule has 0 aliphatic rings. The van der Waals surface area contributed by atoms with Crippen LogP contribution >= 0.6 is 0 Å². The lowest BCUT2D eigenvalue weighted by Gasteiger charge is -2.06. The van der Waals surface area contributed by atoms with Crippen molar-refractivity contribution in [3.05, 3.63) is 101 Å². The number of hydrogen-bond donors (Lipinski definition) is 2. The van der Waals surface area contributed by atoms with Crippen LogP contribution in [0.3, 0.4) is 0 Å². The fraction of sp³-hybridized carbons (Fsp3) is 0.111. The molecule has 37 heavy (non-hydrogen) atoms. The third-order valence-corrected chi connectivity index (χ3v) is 6.88. The van der Waals surface area contributed by atoms with Gasteiger partial charge in [-0.05, 0) is 55.5 Å². The normalized spacial score (nSPS) is 12.1. The fourth-order valence-corrected chi connectivity index (χ4v) is 4.55. The van der Waals surface area contributed by atoms with Crippen molar-refractivity contribution in [2.45, 2.75) is 11.8 Å². The van der Waals surface area contributed by atoms with Crippen LogP contribution in [0.4, 0.5) is 11.5 Å². The second-order valence-electron chi connectivity index (χ2n) is 8.17. The van der Waals surface area contributed by atoms with E-state index in [1.54, 1.807) is 55.6 Å². The first-order chi connectivity index (χ1) is 17.6. The SMILES string of the molecule is Cc1cc(C(=O)Nc2cccc(C#Cc3cc(C(=O)N=S(C)(=O)c4c[c]ccc4)cnc3N)c2)n(C)n1. The van der Waals surface area contributed by atoms with Gasteiger partial charge in [0.05, 0.1) is 26.5 Å². The number of pyridine rings is 1. The first kappa shape index (κ1) is 25.3. The summed E-state index contributed by atoms with van der Waals surface area (Å²) in [4.78, 5) is 29.8. The molecule has 4 rings (SSSR count). The topological polar surface area (TPSA) is 132 Å². The quantitative estimate of drug-likeness (QED) is 0.403. The number of nitrogens with two attached hydrogens (primary N) is 1. The molecule has 2 aromatic carbocycles. The predicted molar refractivity (Wildman–Crippen MR) is 141 cm³/mol. The molecule has 0 aliphatic carbocycles. The second kappa shape index (κ2) is 10.5. The Bertz CT molecular complexity index is 1690. The van der Waals surface area contributed by atoms with E-state index in [0.717, 1.165) is 5.69 Å². The van der Waals surface area contributed by atoms with Crippen molar-refractivity contribution in [1.82, 2.24) is 14.8 Å². The van der Waals surface area contributed by atoms with E-state index in [-0.39, 0.29) is 17.3 Å². The lowest BCUT2D eigenvalue weighted by atomic mass is 10.1. The molecule has 1 atom stereocenters. The highest BCUT2D eigenvalue weighted by atomic mass is 32.2. The van der Waals surface area contributed by atoms with E-state index in [4.69, 9.17) is 5.73 Å². The molecule has 1 radical (unpaired) electrons. The molecule has 0 aliphatic heterocycles. The number of rotatable bonds is 4. The van der Waals surface area contributed by atoms with E-state index in [1.807, 2.05) is 6.92 Å². The molecule has 3 N–H and O–H groups in total. The van der Waals surface area contributed by atoms with Gasteiger partial charge in [-0.3, -0.25) is 14.3 Å². The number of nitrogens with zero attached hydrogens (tertiary/aromatic N) is 4. The molecule has 2 amide bonds. The Morgan fingerprint density at radius 2 is 1.97 bits per heavy atom. The molecule has 4 aromatic rings. The van der Waals surface area contributed by atoms with Gasteiger partial charge >= 0.3 is 0 Å². The van der Waals surface area contributed by atoms with Crippen LogP contribution in [-0.2, 0) is 16.8 Å².